The summed E-state index contributed by atoms with van der Waals surface area (Å²) < 4.78 is 23.6. The molecule has 0 aromatic heterocycles. The van der Waals surface area contributed by atoms with Gasteiger partial charge in [-0.15, -0.1) is 0 Å². The summed E-state index contributed by atoms with van der Waals surface area (Å²) in [7, 11) is -1.80. The van der Waals surface area contributed by atoms with Gasteiger partial charge in [-0.3, -0.25) is 4.57 Å². The van der Waals surface area contributed by atoms with Crippen LogP contribution in [0.1, 0.15) is 21.5 Å². The minimum atomic E-state index is -3.38. The second-order valence-electron chi connectivity index (χ2n) is 7.31. The van der Waals surface area contributed by atoms with E-state index in [2.05, 4.69) is 5.32 Å². The number of hydrogen-bond acceptors (Lipinski definition) is 5. The minimum Gasteiger partial charge on any atom is -0.497 e. The zero-order valence-electron chi connectivity index (χ0n) is 16.3. The van der Waals surface area contributed by atoms with Gasteiger partial charge in [-0.05, 0) is 41.8 Å². The Morgan fingerprint density at radius 1 is 1.24 bits per heavy atom. The zero-order valence-corrected chi connectivity index (χ0v) is 17.2. The van der Waals surface area contributed by atoms with Crippen LogP contribution in [0, 0.1) is 0 Å². The van der Waals surface area contributed by atoms with Gasteiger partial charge in [-0.1, -0.05) is 24.3 Å². The predicted molar refractivity (Wildman–Crippen MR) is 110 cm³/mol. The molecule has 3 unspecified atom stereocenters. The van der Waals surface area contributed by atoms with Crippen molar-refractivity contribution in [1.82, 2.24) is 5.32 Å². The number of nitrogens with one attached hydrogen (secondary N) is 1. The summed E-state index contributed by atoms with van der Waals surface area (Å²) in [6.07, 6.45) is 0.497. The maximum Gasteiger partial charge on any atom is 0.335 e. The molecule has 3 rings (SSSR count). The van der Waals surface area contributed by atoms with Gasteiger partial charge in [0.15, 0.2) is 0 Å². The number of hydrogen-bond donors (Lipinski definition) is 3. The fourth-order valence-electron chi connectivity index (χ4n) is 3.43. The normalized spacial score (nSPS) is 21.3. The Morgan fingerprint density at radius 2 is 2.00 bits per heavy atom. The first-order valence-electron chi connectivity index (χ1n) is 9.45. The third-order valence-corrected chi connectivity index (χ3v) is 6.74. The lowest BCUT2D eigenvalue weighted by Gasteiger charge is -2.31. The van der Waals surface area contributed by atoms with E-state index in [1.54, 1.807) is 49.6 Å². The maximum absolute atomic E-state index is 12.6. The highest BCUT2D eigenvalue weighted by Crippen LogP contribution is 2.45. The predicted octanol–water partition coefficient (Wildman–Crippen LogP) is 2.76. The number of methoxy groups -OCH3 is 1. The zero-order chi connectivity index (χ0) is 20.9. The summed E-state index contributed by atoms with van der Waals surface area (Å²) in [5, 5.41) is 12.4. The molecule has 0 radical (unpaired) electrons. The van der Waals surface area contributed by atoms with Crippen LogP contribution in [0.15, 0.2) is 48.5 Å². The molecule has 2 aromatic rings. The smallest absolute Gasteiger partial charge is 0.335 e. The highest BCUT2D eigenvalue weighted by molar-refractivity contribution is 7.57. The van der Waals surface area contributed by atoms with E-state index >= 15 is 0 Å². The van der Waals surface area contributed by atoms with E-state index in [0.29, 0.717) is 25.3 Å². The van der Waals surface area contributed by atoms with E-state index in [0.717, 1.165) is 11.1 Å². The highest BCUT2D eigenvalue weighted by Gasteiger charge is 2.29. The molecule has 0 spiro atoms. The van der Waals surface area contributed by atoms with Gasteiger partial charge in [0.1, 0.15) is 5.75 Å². The van der Waals surface area contributed by atoms with Gasteiger partial charge < -0.3 is 24.8 Å². The topological polar surface area (TPSA) is 105 Å². The second kappa shape index (κ2) is 9.55. The molecule has 1 fully saturated rings. The molecule has 8 heteroatoms. The van der Waals surface area contributed by atoms with Gasteiger partial charge >= 0.3 is 5.97 Å². The fourth-order valence-corrected chi connectivity index (χ4v) is 5.21. The number of morpholine rings is 1. The summed E-state index contributed by atoms with van der Waals surface area (Å²) in [6, 6.07) is 14.0. The van der Waals surface area contributed by atoms with Crippen molar-refractivity contribution in [1.29, 1.82) is 0 Å². The molecule has 1 heterocycles. The molecule has 1 aliphatic rings. The van der Waals surface area contributed by atoms with E-state index in [9.17, 15) is 14.3 Å². The van der Waals surface area contributed by atoms with Gasteiger partial charge in [0.05, 0.1) is 31.5 Å². The van der Waals surface area contributed by atoms with Crippen LogP contribution < -0.4 is 10.1 Å². The van der Waals surface area contributed by atoms with Gasteiger partial charge in [-0.25, -0.2) is 4.79 Å². The molecule has 0 amide bonds. The van der Waals surface area contributed by atoms with Crippen molar-refractivity contribution in [3.8, 4) is 5.75 Å². The molecule has 3 N–H and O–H groups in total. The Hall–Kier alpha value is -2.18. The Bertz CT molecular complexity index is 877. The van der Waals surface area contributed by atoms with Gasteiger partial charge in [0.25, 0.3) is 0 Å². The van der Waals surface area contributed by atoms with Crippen LogP contribution in [0.5, 0.6) is 5.75 Å². The number of ether oxygens (including phenoxy) is 2. The monoisotopic (exact) mass is 419 g/mol. The molecule has 156 valence electrons. The maximum atomic E-state index is 12.6. The average Bonchev–Trinajstić information content (AvgIpc) is 2.70. The average molecular weight is 419 g/mol. The third-order valence-electron chi connectivity index (χ3n) is 4.90. The molecule has 0 bridgehead atoms. The first-order chi connectivity index (χ1) is 13.8. The Labute approximate surface area is 170 Å². The number of benzene rings is 2. The number of carboxylic acid groups (broad SMARTS) is 1. The van der Waals surface area contributed by atoms with Crippen LogP contribution >= 0.6 is 7.37 Å². The van der Waals surface area contributed by atoms with Crippen LogP contribution in [0.4, 0.5) is 0 Å². The van der Waals surface area contributed by atoms with Crippen molar-refractivity contribution in [3.05, 3.63) is 65.2 Å². The summed E-state index contributed by atoms with van der Waals surface area (Å²) in [6.45, 7) is 0.890. The molecular formula is C21H26NO6P. The molecule has 0 aliphatic carbocycles. The second-order valence-corrected chi connectivity index (χ2v) is 9.68. The molecule has 1 aliphatic heterocycles. The first kappa shape index (κ1) is 21.5. The molecule has 2 aromatic carbocycles. The Kier molecular flexibility index (Phi) is 7.09. The van der Waals surface area contributed by atoms with Gasteiger partial charge in [0, 0.05) is 18.7 Å². The minimum absolute atomic E-state index is 0.0370. The summed E-state index contributed by atoms with van der Waals surface area (Å²) in [4.78, 5) is 21.5. The lowest BCUT2D eigenvalue weighted by Crippen LogP contribution is -2.48. The van der Waals surface area contributed by atoms with Crippen molar-refractivity contribution in [2.75, 3.05) is 26.4 Å². The third kappa shape index (κ3) is 6.41. The largest absolute Gasteiger partial charge is 0.497 e. The van der Waals surface area contributed by atoms with Crippen molar-refractivity contribution in [2.24, 2.45) is 0 Å². The molecule has 1 saturated heterocycles. The molecule has 7 nitrogen and oxygen atoms in total. The van der Waals surface area contributed by atoms with E-state index in [4.69, 9.17) is 14.6 Å². The number of aromatic carboxylic acids is 1. The van der Waals surface area contributed by atoms with Gasteiger partial charge in [-0.2, -0.15) is 0 Å². The lowest BCUT2D eigenvalue weighted by atomic mass is 10.0. The molecule has 0 saturated carbocycles. The van der Waals surface area contributed by atoms with Crippen LogP contribution in [-0.4, -0.2) is 54.5 Å². The molecule has 29 heavy (non-hydrogen) atoms. The van der Waals surface area contributed by atoms with Gasteiger partial charge in [0.2, 0.25) is 7.37 Å². The van der Waals surface area contributed by atoms with E-state index in [1.807, 2.05) is 6.07 Å². The first-order valence-corrected chi connectivity index (χ1v) is 11.5. The van der Waals surface area contributed by atoms with E-state index in [-0.39, 0.29) is 30.0 Å². The lowest BCUT2D eigenvalue weighted by molar-refractivity contribution is 0.0162. The van der Waals surface area contributed by atoms with Crippen LogP contribution in [0.3, 0.4) is 0 Å². The van der Waals surface area contributed by atoms with Crippen molar-refractivity contribution in [2.45, 2.75) is 24.7 Å². The van der Waals surface area contributed by atoms with Crippen molar-refractivity contribution in [3.63, 3.8) is 0 Å². The van der Waals surface area contributed by atoms with E-state index < -0.39 is 13.3 Å². The summed E-state index contributed by atoms with van der Waals surface area (Å²) in [5.74, 6) is -0.239. The number of carboxylic acids is 1. The fraction of sp³-hybridized carbons (Fsp3) is 0.381. The summed E-state index contributed by atoms with van der Waals surface area (Å²) in [5.41, 5.74) is 1.96. The van der Waals surface area contributed by atoms with Crippen molar-refractivity contribution >= 4 is 13.3 Å². The Balaban J connectivity index is 1.49. The quantitative estimate of drug-likeness (QED) is 0.565. The highest BCUT2D eigenvalue weighted by atomic mass is 31.2. The molecular weight excluding hydrogens is 393 g/mol. The SMILES string of the molecule is COc1ccc(CP(=O)(O)CC2CNC(Cc3cccc(C(=O)O)c3)CO2)cc1. The van der Waals surface area contributed by atoms with Crippen molar-refractivity contribution < 1.29 is 28.8 Å². The van der Waals surface area contributed by atoms with Crippen LogP contribution in [-0.2, 0) is 21.9 Å². The standard InChI is InChI=1S/C21H26NO6P/c1-27-19-7-5-15(6-8-19)13-29(25,26)14-20-11-22-18(12-28-20)10-16-3-2-4-17(9-16)21(23)24/h2-9,18,20,22H,10-14H2,1H3,(H,23,24)(H,25,26). The number of rotatable bonds is 8. The van der Waals surface area contributed by atoms with Crippen LogP contribution in [0.25, 0.3) is 0 Å². The Morgan fingerprint density at radius 3 is 2.62 bits per heavy atom. The molecule has 3 atom stereocenters. The number of carbonyl (C=O) groups is 1. The van der Waals surface area contributed by atoms with Crippen LogP contribution in [0.2, 0.25) is 0 Å². The van der Waals surface area contributed by atoms with E-state index in [1.165, 1.54) is 0 Å². The summed E-state index contributed by atoms with van der Waals surface area (Å²) >= 11 is 0.